The summed E-state index contributed by atoms with van der Waals surface area (Å²) >= 11 is 0. The van der Waals surface area contributed by atoms with E-state index < -0.39 is 0 Å². The third-order valence-corrected chi connectivity index (χ3v) is 5.81. The van der Waals surface area contributed by atoms with Crippen LogP contribution in [0.3, 0.4) is 0 Å². The first-order valence-electron chi connectivity index (χ1n) is 10.2. The van der Waals surface area contributed by atoms with Crippen molar-refractivity contribution in [3.63, 3.8) is 0 Å². The molecule has 1 aromatic heterocycles. The van der Waals surface area contributed by atoms with Gasteiger partial charge in [-0.25, -0.2) is 0 Å². The average Bonchev–Trinajstić information content (AvgIpc) is 3.23. The van der Waals surface area contributed by atoms with Crippen LogP contribution in [0.4, 0.5) is 11.5 Å². The fourth-order valence-corrected chi connectivity index (χ4v) is 3.95. The van der Waals surface area contributed by atoms with Gasteiger partial charge in [-0.05, 0) is 43.7 Å². The number of aromatic amines is 1. The predicted octanol–water partition coefficient (Wildman–Crippen LogP) is 2.70. The second kappa shape index (κ2) is 8.75. The lowest BCUT2D eigenvalue weighted by Crippen LogP contribution is -2.46. The lowest BCUT2D eigenvalue weighted by atomic mass is 9.97. The lowest BCUT2D eigenvalue weighted by molar-refractivity contribution is 0.0845. The molecule has 0 unspecified atom stereocenters. The topological polar surface area (TPSA) is 73.5 Å². The van der Waals surface area contributed by atoms with E-state index in [-0.39, 0.29) is 5.91 Å². The molecule has 0 spiro atoms. The summed E-state index contributed by atoms with van der Waals surface area (Å²) in [5, 5.41) is 10.2. The van der Waals surface area contributed by atoms with Gasteiger partial charge in [0, 0.05) is 68.3 Å². The van der Waals surface area contributed by atoms with Gasteiger partial charge in [0.05, 0.1) is 0 Å². The number of anilines is 2. The van der Waals surface area contributed by atoms with E-state index in [1.807, 2.05) is 30.3 Å². The van der Waals surface area contributed by atoms with Crippen LogP contribution >= 0.6 is 0 Å². The molecule has 0 aliphatic carbocycles. The van der Waals surface area contributed by atoms with E-state index in [0.717, 1.165) is 64.5 Å². The molecular weight excluding hydrogens is 354 g/mol. The van der Waals surface area contributed by atoms with E-state index in [1.54, 1.807) is 0 Å². The Morgan fingerprint density at radius 1 is 1.18 bits per heavy atom. The minimum absolute atomic E-state index is 0.132. The lowest BCUT2D eigenvalue weighted by Gasteiger charge is -2.35. The monoisotopic (exact) mass is 383 g/mol. The van der Waals surface area contributed by atoms with Crippen molar-refractivity contribution in [3.8, 4) is 0 Å². The first-order valence-corrected chi connectivity index (χ1v) is 10.2. The zero-order valence-corrected chi connectivity index (χ0v) is 16.5. The molecule has 2 N–H and O–H groups in total. The number of piperazine rings is 1. The number of H-pyrrole nitrogens is 1. The molecule has 2 aliphatic rings. The van der Waals surface area contributed by atoms with E-state index >= 15 is 0 Å². The minimum atomic E-state index is -0.132. The van der Waals surface area contributed by atoms with Crippen molar-refractivity contribution in [2.45, 2.75) is 25.7 Å². The molecule has 0 atom stereocenters. The van der Waals surface area contributed by atoms with Gasteiger partial charge < -0.3 is 19.9 Å². The summed E-state index contributed by atoms with van der Waals surface area (Å²) in [6.45, 7) is 9.12. The van der Waals surface area contributed by atoms with Crippen LogP contribution in [-0.2, 0) is 4.74 Å². The third kappa shape index (κ3) is 4.36. The van der Waals surface area contributed by atoms with Crippen LogP contribution < -0.4 is 10.2 Å². The molecule has 3 heterocycles. The molecule has 0 radical (unpaired) electrons. The number of amides is 1. The summed E-state index contributed by atoms with van der Waals surface area (Å²) in [7, 11) is 0. The summed E-state index contributed by atoms with van der Waals surface area (Å²) in [5.41, 5.74) is 2.89. The summed E-state index contributed by atoms with van der Waals surface area (Å²) in [6, 6.07) is 9.80. The van der Waals surface area contributed by atoms with Crippen LogP contribution in [0.25, 0.3) is 0 Å². The van der Waals surface area contributed by atoms with Crippen LogP contribution in [0.15, 0.2) is 30.3 Å². The number of rotatable bonds is 5. The summed E-state index contributed by atoms with van der Waals surface area (Å²) in [4.78, 5) is 17.4. The van der Waals surface area contributed by atoms with Gasteiger partial charge in [0.15, 0.2) is 5.82 Å². The number of carbonyl (C=O) groups is 1. The number of benzene rings is 1. The van der Waals surface area contributed by atoms with Gasteiger partial charge in [0.2, 0.25) is 0 Å². The Balaban J connectivity index is 1.34. The van der Waals surface area contributed by atoms with Crippen molar-refractivity contribution in [1.82, 2.24) is 15.1 Å². The van der Waals surface area contributed by atoms with Gasteiger partial charge in [-0.2, -0.15) is 5.10 Å². The van der Waals surface area contributed by atoms with E-state index in [0.29, 0.717) is 17.3 Å². The Hall–Kier alpha value is -2.38. The Kier molecular flexibility index (Phi) is 5.92. The van der Waals surface area contributed by atoms with Crippen LogP contribution in [0.1, 0.15) is 41.7 Å². The number of nitrogens with zero attached hydrogens (tertiary/aromatic N) is 3. The smallest absolute Gasteiger partial charge is 0.256 e. The van der Waals surface area contributed by atoms with Crippen LogP contribution in [0.2, 0.25) is 0 Å². The second-order valence-electron chi connectivity index (χ2n) is 7.52. The molecule has 0 bridgehead atoms. The van der Waals surface area contributed by atoms with Gasteiger partial charge >= 0.3 is 0 Å². The summed E-state index contributed by atoms with van der Waals surface area (Å²) < 4.78 is 5.40. The highest BCUT2D eigenvalue weighted by Crippen LogP contribution is 2.26. The molecule has 0 saturated carbocycles. The summed E-state index contributed by atoms with van der Waals surface area (Å²) in [5.74, 6) is 0.873. The Bertz CT molecular complexity index is 774. The van der Waals surface area contributed by atoms with Crippen molar-refractivity contribution in [2.24, 2.45) is 0 Å². The van der Waals surface area contributed by atoms with E-state index in [2.05, 4.69) is 32.2 Å². The van der Waals surface area contributed by atoms with Crippen molar-refractivity contribution < 1.29 is 9.53 Å². The highest BCUT2D eigenvalue weighted by Gasteiger charge is 2.19. The number of likely N-dealkylation sites (N-methyl/N-ethyl adjacent to an activating group) is 1. The van der Waals surface area contributed by atoms with E-state index in [9.17, 15) is 4.79 Å². The van der Waals surface area contributed by atoms with E-state index in [1.165, 1.54) is 5.69 Å². The molecule has 4 rings (SSSR count). The van der Waals surface area contributed by atoms with E-state index in [4.69, 9.17) is 4.74 Å². The van der Waals surface area contributed by atoms with Crippen LogP contribution in [-0.4, -0.2) is 66.9 Å². The van der Waals surface area contributed by atoms with Gasteiger partial charge in [-0.3, -0.25) is 9.89 Å². The molecule has 1 amide bonds. The van der Waals surface area contributed by atoms with Crippen molar-refractivity contribution in [3.05, 3.63) is 41.6 Å². The minimum Gasteiger partial charge on any atom is -0.381 e. The largest absolute Gasteiger partial charge is 0.381 e. The standard InChI is InChI=1S/C21H29N5O2/c1-2-25-9-11-26(12-10-25)18-5-3-17(4-6-18)21(27)22-20-15-19(23-24-20)16-7-13-28-14-8-16/h3-6,15-16H,2,7-14H2,1H3,(H2,22,23,24,27). The van der Waals surface area contributed by atoms with Crippen LogP contribution in [0.5, 0.6) is 0 Å². The fourth-order valence-electron chi connectivity index (χ4n) is 3.95. The quantitative estimate of drug-likeness (QED) is 0.831. The molecule has 7 nitrogen and oxygen atoms in total. The van der Waals surface area contributed by atoms with Crippen molar-refractivity contribution in [1.29, 1.82) is 0 Å². The Morgan fingerprint density at radius 3 is 2.57 bits per heavy atom. The van der Waals surface area contributed by atoms with Gasteiger partial charge in [0.1, 0.15) is 0 Å². The normalized spacial score (nSPS) is 19.0. The first kappa shape index (κ1) is 19.0. The number of carbonyl (C=O) groups excluding carboxylic acids is 1. The Labute approximate surface area is 166 Å². The Morgan fingerprint density at radius 2 is 1.89 bits per heavy atom. The fraction of sp³-hybridized carbons (Fsp3) is 0.524. The molecule has 2 fully saturated rings. The molecule has 150 valence electrons. The highest BCUT2D eigenvalue weighted by molar-refractivity contribution is 6.03. The second-order valence-corrected chi connectivity index (χ2v) is 7.52. The number of nitrogens with one attached hydrogen (secondary N) is 2. The number of hydrogen-bond acceptors (Lipinski definition) is 5. The predicted molar refractivity (Wildman–Crippen MR) is 110 cm³/mol. The van der Waals surface area contributed by atoms with Gasteiger partial charge in [-0.15, -0.1) is 0 Å². The maximum absolute atomic E-state index is 12.6. The SMILES string of the molecule is CCN1CCN(c2ccc(C(=O)Nc3cc(C4CCOCC4)[nH]n3)cc2)CC1. The number of ether oxygens (including phenoxy) is 1. The van der Waals surface area contributed by atoms with Crippen molar-refractivity contribution in [2.75, 3.05) is 56.2 Å². The maximum atomic E-state index is 12.6. The molecule has 28 heavy (non-hydrogen) atoms. The molecular formula is C21H29N5O2. The molecule has 1 aromatic carbocycles. The molecule has 2 aromatic rings. The third-order valence-electron chi connectivity index (χ3n) is 5.81. The molecule has 2 aliphatic heterocycles. The zero-order valence-electron chi connectivity index (χ0n) is 16.5. The molecule has 7 heteroatoms. The van der Waals surface area contributed by atoms with Crippen molar-refractivity contribution >= 4 is 17.4 Å². The van der Waals surface area contributed by atoms with Gasteiger partial charge in [0.25, 0.3) is 5.91 Å². The zero-order chi connectivity index (χ0) is 19.3. The van der Waals surface area contributed by atoms with Crippen LogP contribution in [0, 0.1) is 0 Å². The number of aromatic nitrogens is 2. The van der Waals surface area contributed by atoms with Gasteiger partial charge in [-0.1, -0.05) is 6.92 Å². The maximum Gasteiger partial charge on any atom is 0.256 e. The average molecular weight is 383 g/mol. The number of hydrogen-bond donors (Lipinski definition) is 2. The highest BCUT2D eigenvalue weighted by atomic mass is 16.5. The molecule has 2 saturated heterocycles. The first-order chi connectivity index (χ1) is 13.7. The summed E-state index contributed by atoms with van der Waals surface area (Å²) in [6.07, 6.45) is 1.98.